The van der Waals surface area contributed by atoms with Crippen molar-refractivity contribution >= 4 is 22.9 Å². The van der Waals surface area contributed by atoms with Gasteiger partial charge in [0.15, 0.2) is 0 Å². The van der Waals surface area contributed by atoms with E-state index in [2.05, 4.69) is 20.9 Å². The lowest BCUT2D eigenvalue weighted by Crippen LogP contribution is -2.41. The van der Waals surface area contributed by atoms with Crippen molar-refractivity contribution in [1.29, 1.82) is 0 Å². The van der Waals surface area contributed by atoms with E-state index in [0.717, 1.165) is 6.07 Å². The summed E-state index contributed by atoms with van der Waals surface area (Å²) in [5, 5.41) is 8.02. The van der Waals surface area contributed by atoms with E-state index in [-0.39, 0.29) is 44.8 Å². The third-order valence-corrected chi connectivity index (χ3v) is 6.27. The number of amides is 2. The molecule has 0 bridgehead atoms. The second kappa shape index (κ2) is 11.4. The van der Waals surface area contributed by atoms with Gasteiger partial charge in [0.1, 0.15) is 17.4 Å². The third kappa shape index (κ3) is 6.12. The second-order valence-electron chi connectivity index (χ2n) is 9.02. The molecule has 4 aromatic rings. The van der Waals surface area contributed by atoms with E-state index >= 15 is 0 Å². The first kappa shape index (κ1) is 28.7. The van der Waals surface area contributed by atoms with E-state index < -0.39 is 48.6 Å². The van der Waals surface area contributed by atoms with E-state index in [1.54, 1.807) is 14.0 Å². The second-order valence-corrected chi connectivity index (χ2v) is 9.02. The molecule has 4 rings (SSSR count). The van der Waals surface area contributed by atoms with Crippen LogP contribution in [0.3, 0.4) is 0 Å². The van der Waals surface area contributed by atoms with Crippen molar-refractivity contribution in [3.63, 3.8) is 0 Å². The number of hydrogen-bond donors (Lipinski definition) is 3. The SMILES string of the molecule is CNC(=O)c1c(-c2ccc(F)cc2)oc2nc(CCC(F)(F)F)c(-c3ccc(F)c(C(=O)N[C@H](C)NC)c3)cc12. The third-order valence-electron chi connectivity index (χ3n) is 6.27. The lowest BCUT2D eigenvalue weighted by atomic mass is 9.96. The summed E-state index contributed by atoms with van der Waals surface area (Å²) in [6.45, 7) is 1.64. The predicted octanol–water partition coefficient (Wildman–Crippen LogP) is 5.59. The van der Waals surface area contributed by atoms with Gasteiger partial charge in [0.05, 0.1) is 28.4 Å². The normalized spacial score (nSPS) is 12.4. The van der Waals surface area contributed by atoms with Crippen LogP contribution in [0.15, 0.2) is 52.9 Å². The average Bonchev–Trinajstić information content (AvgIpc) is 3.29. The number of halogens is 5. The van der Waals surface area contributed by atoms with E-state index in [0.29, 0.717) is 5.56 Å². The monoisotopic (exact) mass is 560 g/mol. The zero-order valence-electron chi connectivity index (χ0n) is 21.7. The van der Waals surface area contributed by atoms with Crippen molar-refractivity contribution in [2.24, 2.45) is 0 Å². The van der Waals surface area contributed by atoms with Gasteiger partial charge in [0.2, 0.25) is 5.71 Å². The highest BCUT2D eigenvalue weighted by molar-refractivity contribution is 6.11. The molecule has 1 atom stereocenters. The Labute approximate surface area is 225 Å². The van der Waals surface area contributed by atoms with Gasteiger partial charge >= 0.3 is 6.18 Å². The fourth-order valence-electron chi connectivity index (χ4n) is 4.13. The minimum Gasteiger partial charge on any atom is -0.437 e. The Morgan fingerprint density at radius 2 is 1.65 bits per heavy atom. The molecule has 7 nitrogen and oxygen atoms in total. The lowest BCUT2D eigenvalue weighted by Gasteiger charge is -2.15. The van der Waals surface area contributed by atoms with Crippen LogP contribution in [-0.2, 0) is 6.42 Å². The summed E-state index contributed by atoms with van der Waals surface area (Å²) >= 11 is 0. The summed E-state index contributed by atoms with van der Waals surface area (Å²) in [5.74, 6) is -2.62. The number of carbonyl (C=O) groups excluding carboxylic acids is 2. The number of nitrogens with one attached hydrogen (secondary N) is 3. The summed E-state index contributed by atoms with van der Waals surface area (Å²) in [4.78, 5) is 29.9. The summed E-state index contributed by atoms with van der Waals surface area (Å²) in [6, 6.07) is 10.1. The highest BCUT2D eigenvalue weighted by atomic mass is 19.4. The van der Waals surface area contributed by atoms with Gasteiger partial charge in [-0.15, -0.1) is 0 Å². The molecule has 0 unspecified atom stereocenters. The van der Waals surface area contributed by atoms with Crippen LogP contribution in [-0.4, -0.2) is 43.2 Å². The van der Waals surface area contributed by atoms with Crippen molar-refractivity contribution in [3.05, 3.63) is 77.0 Å². The lowest BCUT2D eigenvalue weighted by molar-refractivity contribution is -0.134. The Kier molecular flexibility index (Phi) is 8.19. The first-order chi connectivity index (χ1) is 18.9. The van der Waals surface area contributed by atoms with Crippen molar-refractivity contribution in [2.75, 3.05) is 14.1 Å². The average molecular weight is 561 g/mol. The molecule has 2 aromatic carbocycles. The summed E-state index contributed by atoms with van der Waals surface area (Å²) in [6.07, 6.45) is -6.74. The molecule has 2 aromatic heterocycles. The first-order valence-corrected chi connectivity index (χ1v) is 12.2. The maximum absolute atomic E-state index is 14.6. The van der Waals surface area contributed by atoms with Gasteiger partial charge in [-0.05, 0) is 68.4 Å². The number of benzene rings is 2. The molecular weight excluding hydrogens is 535 g/mol. The quantitative estimate of drug-likeness (QED) is 0.193. The van der Waals surface area contributed by atoms with Crippen LogP contribution in [0.5, 0.6) is 0 Å². The Morgan fingerprint density at radius 3 is 2.27 bits per heavy atom. The summed E-state index contributed by atoms with van der Waals surface area (Å²) in [5.41, 5.74) is 0.272. The fraction of sp³-hybridized carbons (Fsp3) is 0.250. The van der Waals surface area contributed by atoms with Gasteiger partial charge in [-0.2, -0.15) is 13.2 Å². The van der Waals surface area contributed by atoms with Gasteiger partial charge in [-0.3, -0.25) is 9.59 Å². The molecule has 210 valence electrons. The number of aromatic nitrogens is 1. The van der Waals surface area contributed by atoms with Crippen LogP contribution in [0.2, 0.25) is 0 Å². The minimum absolute atomic E-state index is 0.0307. The number of hydrogen-bond acceptors (Lipinski definition) is 5. The van der Waals surface area contributed by atoms with Crippen LogP contribution in [0.25, 0.3) is 33.6 Å². The van der Waals surface area contributed by atoms with Crippen molar-refractivity contribution < 1.29 is 36.0 Å². The molecule has 0 spiro atoms. The number of fused-ring (bicyclic) bond motifs is 1. The number of pyridine rings is 1. The van der Waals surface area contributed by atoms with E-state index in [4.69, 9.17) is 4.42 Å². The van der Waals surface area contributed by atoms with Gasteiger partial charge in [0, 0.05) is 24.6 Å². The van der Waals surface area contributed by atoms with Crippen molar-refractivity contribution in [2.45, 2.75) is 32.1 Å². The number of carbonyl (C=O) groups is 2. The largest absolute Gasteiger partial charge is 0.437 e. The molecule has 0 aliphatic heterocycles. The Morgan fingerprint density at radius 1 is 0.975 bits per heavy atom. The molecule has 0 aliphatic rings. The number of aryl methyl sites for hydroxylation is 1. The van der Waals surface area contributed by atoms with Crippen LogP contribution in [0, 0.1) is 11.6 Å². The molecule has 0 saturated heterocycles. The number of nitrogens with zero attached hydrogens (tertiary/aromatic N) is 1. The molecule has 3 N–H and O–H groups in total. The van der Waals surface area contributed by atoms with Gasteiger partial charge in [0.25, 0.3) is 11.8 Å². The zero-order chi connectivity index (χ0) is 29.2. The number of furan rings is 1. The van der Waals surface area contributed by atoms with Crippen LogP contribution < -0.4 is 16.0 Å². The highest BCUT2D eigenvalue weighted by Crippen LogP contribution is 2.37. The Hall–Kier alpha value is -4.32. The Balaban J connectivity index is 1.95. The molecule has 0 radical (unpaired) electrons. The molecule has 2 amide bonds. The molecule has 2 heterocycles. The number of alkyl halides is 3. The summed E-state index contributed by atoms with van der Waals surface area (Å²) < 4.78 is 73.6. The Bertz CT molecular complexity index is 1570. The van der Waals surface area contributed by atoms with Crippen LogP contribution in [0.4, 0.5) is 22.0 Å². The standard InChI is InChI=1S/C28H25F5N4O3/c1-14(34-2)36-25(38)19-12-16(6-9-21(19)30)18-13-20-23(26(39)35-3)24(15-4-7-17(29)8-5-15)40-27(20)37-22(18)10-11-28(31,32)33/h4-9,12-14,34H,10-11H2,1-3H3,(H,35,39)(H,36,38)/t14-/m1/s1. The van der Waals surface area contributed by atoms with Gasteiger partial charge in [-0.1, -0.05) is 6.07 Å². The first-order valence-electron chi connectivity index (χ1n) is 12.2. The van der Waals surface area contributed by atoms with Crippen LogP contribution >= 0.6 is 0 Å². The fourth-order valence-corrected chi connectivity index (χ4v) is 4.13. The van der Waals surface area contributed by atoms with E-state index in [1.165, 1.54) is 49.5 Å². The van der Waals surface area contributed by atoms with E-state index in [1.807, 2.05) is 0 Å². The summed E-state index contributed by atoms with van der Waals surface area (Å²) in [7, 11) is 2.99. The molecule has 40 heavy (non-hydrogen) atoms. The number of rotatable bonds is 8. The van der Waals surface area contributed by atoms with Gasteiger partial charge < -0.3 is 20.4 Å². The molecular formula is C28H25F5N4O3. The highest BCUT2D eigenvalue weighted by Gasteiger charge is 2.29. The molecule has 0 saturated carbocycles. The van der Waals surface area contributed by atoms with Gasteiger partial charge in [-0.25, -0.2) is 13.8 Å². The maximum Gasteiger partial charge on any atom is 0.389 e. The van der Waals surface area contributed by atoms with E-state index in [9.17, 15) is 31.5 Å². The van der Waals surface area contributed by atoms with Crippen LogP contribution in [0.1, 0.15) is 39.8 Å². The smallest absolute Gasteiger partial charge is 0.389 e. The molecule has 12 heteroatoms. The maximum atomic E-state index is 14.6. The van der Waals surface area contributed by atoms with Crippen molar-refractivity contribution in [1.82, 2.24) is 20.9 Å². The molecule has 0 aliphatic carbocycles. The predicted molar refractivity (Wildman–Crippen MR) is 139 cm³/mol. The molecule has 0 fully saturated rings. The van der Waals surface area contributed by atoms with Crippen molar-refractivity contribution in [3.8, 4) is 22.5 Å². The minimum atomic E-state index is -4.50. The zero-order valence-corrected chi connectivity index (χ0v) is 21.7. The topological polar surface area (TPSA) is 96.3 Å².